The van der Waals surface area contributed by atoms with Gasteiger partial charge in [0.25, 0.3) is 0 Å². The van der Waals surface area contributed by atoms with Crippen molar-refractivity contribution in [3.63, 3.8) is 0 Å². The first-order valence-electron chi connectivity index (χ1n) is 2.46. The molecule has 0 aliphatic carbocycles. The number of nitrogens with one attached hydrogen (secondary N) is 1. The minimum Gasteiger partial charge on any atom is -0.341 e. The first kappa shape index (κ1) is 8.54. The Morgan fingerprint density at radius 1 is 1.50 bits per heavy atom. The van der Waals surface area contributed by atoms with Crippen LogP contribution in [-0.2, 0) is 0 Å². The molecule has 6 nitrogen and oxygen atoms in total. The van der Waals surface area contributed by atoms with Crippen molar-refractivity contribution in [3.05, 3.63) is 4.91 Å². The van der Waals surface area contributed by atoms with Crippen molar-refractivity contribution >= 4 is 12.1 Å². The van der Waals surface area contributed by atoms with Gasteiger partial charge in [-0.3, -0.25) is 0 Å². The summed E-state index contributed by atoms with van der Waals surface area (Å²) in [6.45, 7) is 0. The second-order valence-electron chi connectivity index (χ2n) is 1.49. The number of carbonyl (C=O) groups is 2. The van der Waals surface area contributed by atoms with E-state index < -0.39 is 12.1 Å². The molecule has 0 saturated carbocycles. The highest BCUT2D eigenvalue weighted by Gasteiger charge is 2.14. The number of nitrogens with zero attached hydrogens (tertiary/aromatic N) is 2. The van der Waals surface area contributed by atoms with Gasteiger partial charge in [0.05, 0.1) is 0 Å². The van der Waals surface area contributed by atoms with Gasteiger partial charge in [-0.05, 0) is 0 Å². The second kappa shape index (κ2) is 3.54. The van der Waals surface area contributed by atoms with E-state index in [9.17, 15) is 14.5 Å². The van der Waals surface area contributed by atoms with Crippen LogP contribution in [0, 0.1) is 4.91 Å². The molecule has 10 heavy (non-hydrogen) atoms. The monoisotopic (exact) mass is 145 g/mol. The normalized spacial score (nSPS) is 8.20. The molecule has 0 fully saturated rings. The molecule has 0 saturated heterocycles. The van der Waals surface area contributed by atoms with Gasteiger partial charge in [0.1, 0.15) is 0 Å². The van der Waals surface area contributed by atoms with Gasteiger partial charge in [-0.2, -0.15) is 0 Å². The number of rotatable bonds is 0. The Morgan fingerprint density at radius 2 is 2.00 bits per heavy atom. The fraction of sp³-hybridized carbons (Fsp3) is 0.500. The first-order chi connectivity index (χ1) is 4.63. The third-order valence-electron chi connectivity index (χ3n) is 0.884. The summed E-state index contributed by atoms with van der Waals surface area (Å²) in [5.74, 6) is 0. The lowest BCUT2D eigenvalue weighted by atomic mass is 10.7. The van der Waals surface area contributed by atoms with E-state index in [0.29, 0.717) is 4.90 Å². The highest BCUT2D eigenvalue weighted by molar-refractivity contribution is 5.93. The molecule has 0 spiro atoms. The maximum Gasteiger partial charge on any atom is 0.389 e. The van der Waals surface area contributed by atoms with Crippen molar-refractivity contribution < 1.29 is 9.59 Å². The van der Waals surface area contributed by atoms with Crippen molar-refractivity contribution in [2.45, 2.75) is 0 Å². The van der Waals surface area contributed by atoms with Crippen LogP contribution in [0.5, 0.6) is 0 Å². The van der Waals surface area contributed by atoms with Gasteiger partial charge in [0.2, 0.25) is 0 Å². The Kier molecular flexibility index (Phi) is 3.03. The molecule has 0 aromatic rings. The zero-order valence-corrected chi connectivity index (χ0v) is 5.62. The van der Waals surface area contributed by atoms with E-state index in [0.717, 1.165) is 7.05 Å². The predicted molar refractivity (Wildman–Crippen MR) is 33.4 cm³/mol. The molecule has 56 valence electrons. The molecule has 0 aromatic heterocycles. The number of hydrogen-bond acceptors (Lipinski definition) is 3. The Hall–Kier alpha value is -1.46. The Bertz CT molecular complexity index is 167. The minimum absolute atomic E-state index is 0.576. The third kappa shape index (κ3) is 1.81. The molecule has 0 rings (SSSR count). The van der Waals surface area contributed by atoms with Crippen molar-refractivity contribution in [1.29, 1.82) is 0 Å². The summed E-state index contributed by atoms with van der Waals surface area (Å²) in [6.07, 6.45) is 0. The SMILES string of the molecule is CNC(=O)N(C)C(=O)N=O. The average Bonchev–Trinajstić information content (AvgIpc) is 2.00. The van der Waals surface area contributed by atoms with Gasteiger partial charge in [-0.1, -0.05) is 0 Å². The molecule has 0 aromatic carbocycles. The summed E-state index contributed by atoms with van der Waals surface area (Å²) in [5.41, 5.74) is 0. The van der Waals surface area contributed by atoms with Crippen LogP contribution < -0.4 is 5.32 Å². The lowest BCUT2D eigenvalue weighted by Crippen LogP contribution is -2.37. The van der Waals surface area contributed by atoms with Crippen molar-refractivity contribution in [1.82, 2.24) is 10.2 Å². The summed E-state index contributed by atoms with van der Waals surface area (Å²) in [6, 6.07) is -1.77. The van der Waals surface area contributed by atoms with E-state index in [2.05, 4.69) is 5.32 Å². The number of carbonyl (C=O) groups excluding carboxylic acids is 2. The standard InChI is InChI=1S/C4H7N3O3/c1-5-3(8)7(2)4(9)6-10/h1-2H3,(H,5,8). The third-order valence-corrected chi connectivity index (χ3v) is 0.884. The zero-order valence-electron chi connectivity index (χ0n) is 5.62. The summed E-state index contributed by atoms with van der Waals surface area (Å²) in [7, 11) is 2.50. The number of nitroso groups, excluding NO2 is 1. The average molecular weight is 145 g/mol. The van der Waals surface area contributed by atoms with Crippen LogP contribution in [0.1, 0.15) is 0 Å². The van der Waals surface area contributed by atoms with E-state index in [-0.39, 0.29) is 0 Å². The minimum atomic E-state index is -1.11. The van der Waals surface area contributed by atoms with E-state index in [1.165, 1.54) is 7.05 Å². The molecular formula is C4H7N3O3. The van der Waals surface area contributed by atoms with E-state index >= 15 is 0 Å². The van der Waals surface area contributed by atoms with Crippen LogP contribution in [0.3, 0.4) is 0 Å². The first-order valence-corrected chi connectivity index (χ1v) is 2.46. The zero-order chi connectivity index (χ0) is 8.15. The highest BCUT2D eigenvalue weighted by Crippen LogP contribution is 1.87. The second-order valence-corrected chi connectivity index (χ2v) is 1.49. The van der Waals surface area contributed by atoms with Crippen molar-refractivity contribution in [3.8, 4) is 0 Å². The summed E-state index contributed by atoms with van der Waals surface area (Å²) < 4.78 is 0. The fourth-order valence-corrected chi connectivity index (χ4v) is 0.316. The summed E-state index contributed by atoms with van der Waals surface area (Å²) in [4.78, 5) is 30.9. The molecule has 0 atom stereocenters. The molecule has 0 radical (unpaired) electrons. The van der Waals surface area contributed by atoms with Gasteiger partial charge >= 0.3 is 12.1 Å². The Labute approximate surface area is 57.2 Å². The van der Waals surface area contributed by atoms with Crippen LogP contribution in [0.4, 0.5) is 9.59 Å². The number of imide groups is 1. The topological polar surface area (TPSA) is 78.8 Å². The molecule has 6 heteroatoms. The maximum absolute atomic E-state index is 10.5. The largest absolute Gasteiger partial charge is 0.389 e. The summed E-state index contributed by atoms with van der Waals surface area (Å²) >= 11 is 0. The van der Waals surface area contributed by atoms with Gasteiger partial charge in [0.15, 0.2) is 0 Å². The highest BCUT2D eigenvalue weighted by atomic mass is 16.3. The van der Waals surface area contributed by atoms with Crippen LogP contribution in [0.15, 0.2) is 5.18 Å². The molecule has 1 N–H and O–H groups in total. The quantitative estimate of drug-likeness (QED) is 0.492. The van der Waals surface area contributed by atoms with E-state index in [1.54, 1.807) is 0 Å². The molecular weight excluding hydrogens is 138 g/mol. The van der Waals surface area contributed by atoms with Crippen molar-refractivity contribution in [2.75, 3.05) is 14.1 Å². The Morgan fingerprint density at radius 3 is 2.30 bits per heavy atom. The summed E-state index contributed by atoms with van der Waals surface area (Å²) in [5, 5.41) is 4.18. The molecule has 0 bridgehead atoms. The lowest BCUT2D eigenvalue weighted by Gasteiger charge is -2.08. The number of urea groups is 2. The number of amides is 4. The van der Waals surface area contributed by atoms with Gasteiger partial charge in [-0.15, -0.1) is 4.91 Å². The fourth-order valence-electron chi connectivity index (χ4n) is 0.316. The smallest absolute Gasteiger partial charge is 0.341 e. The molecule has 0 heterocycles. The Balaban J connectivity index is 4.06. The number of hydrogen-bond donors (Lipinski definition) is 1. The van der Waals surface area contributed by atoms with Gasteiger partial charge in [-0.25, -0.2) is 14.5 Å². The van der Waals surface area contributed by atoms with Crippen LogP contribution in [0.2, 0.25) is 0 Å². The molecule has 0 aliphatic heterocycles. The van der Waals surface area contributed by atoms with Crippen LogP contribution >= 0.6 is 0 Å². The molecule has 4 amide bonds. The van der Waals surface area contributed by atoms with Crippen LogP contribution in [0.25, 0.3) is 0 Å². The van der Waals surface area contributed by atoms with Crippen molar-refractivity contribution in [2.24, 2.45) is 5.18 Å². The van der Waals surface area contributed by atoms with E-state index in [1.807, 2.05) is 5.18 Å². The molecule has 0 unspecified atom stereocenters. The van der Waals surface area contributed by atoms with Gasteiger partial charge < -0.3 is 5.32 Å². The van der Waals surface area contributed by atoms with E-state index in [4.69, 9.17) is 0 Å². The van der Waals surface area contributed by atoms with Gasteiger partial charge in [0, 0.05) is 19.3 Å². The molecule has 0 aliphatic rings. The lowest BCUT2D eigenvalue weighted by molar-refractivity contribution is 0.201. The maximum atomic E-state index is 10.5. The van der Waals surface area contributed by atoms with Crippen LogP contribution in [-0.4, -0.2) is 31.1 Å². The predicted octanol–water partition coefficient (Wildman–Crippen LogP) is 0.144.